The number of hydrogen-bond donors (Lipinski definition) is 2. The second-order valence-electron chi connectivity index (χ2n) is 6.22. The van der Waals surface area contributed by atoms with Crippen molar-refractivity contribution >= 4 is 12.0 Å². The van der Waals surface area contributed by atoms with Gasteiger partial charge in [0.05, 0.1) is 0 Å². The molecule has 23 heavy (non-hydrogen) atoms. The Morgan fingerprint density at radius 3 is 2.22 bits per heavy atom. The van der Waals surface area contributed by atoms with Crippen molar-refractivity contribution in [1.29, 1.82) is 0 Å². The molecule has 0 radical (unpaired) electrons. The summed E-state index contributed by atoms with van der Waals surface area (Å²) in [5.41, 5.74) is 1.03. The maximum absolute atomic E-state index is 12.8. The zero-order chi connectivity index (χ0) is 17.4. The molecule has 0 aliphatic rings. The number of carboxylic acid groups (broad SMARTS) is 1. The summed E-state index contributed by atoms with van der Waals surface area (Å²) in [6.45, 7) is 5.41. The van der Waals surface area contributed by atoms with Gasteiger partial charge in [0.1, 0.15) is 6.04 Å². The fourth-order valence-corrected chi connectivity index (χ4v) is 2.23. The minimum Gasteiger partial charge on any atom is -0.465 e. The van der Waals surface area contributed by atoms with E-state index in [1.165, 1.54) is 0 Å². The van der Waals surface area contributed by atoms with Crippen LogP contribution in [0.2, 0.25) is 0 Å². The molecule has 0 bridgehead atoms. The monoisotopic (exact) mass is 321 g/mol. The Bertz CT molecular complexity index is 503. The van der Waals surface area contributed by atoms with Gasteiger partial charge >= 0.3 is 6.09 Å². The molecule has 0 aromatic heterocycles. The zero-order valence-corrected chi connectivity index (χ0v) is 14.3. The summed E-state index contributed by atoms with van der Waals surface area (Å²) in [6.07, 6.45) is -1.18. The number of benzene rings is 1. The van der Waals surface area contributed by atoms with E-state index >= 15 is 0 Å². The molecule has 1 atom stereocenters. The van der Waals surface area contributed by atoms with Crippen LogP contribution in [0.5, 0.6) is 0 Å². The van der Waals surface area contributed by atoms with Crippen molar-refractivity contribution in [2.24, 2.45) is 5.92 Å². The second kappa shape index (κ2) is 9.15. The van der Waals surface area contributed by atoms with E-state index in [4.69, 9.17) is 5.11 Å². The summed E-state index contributed by atoms with van der Waals surface area (Å²) < 4.78 is 0. The van der Waals surface area contributed by atoms with Crippen molar-refractivity contribution in [3.05, 3.63) is 35.9 Å². The third kappa shape index (κ3) is 6.69. The zero-order valence-electron chi connectivity index (χ0n) is 14.3. The number of likely N-dealkylation sites (N-methyl/N-ethyl adjacent to an activating group) is 1. The largest absolute Gasteiger partial charge is 0.465 e. The van der Waals surface area contributed by atoms with Gasteiger partial charge in [0.2, 0.25) is 5.91 Å². The molecule has 1 aromatic rings. The predicted molar refractivity (Wildman–Crippen MR) is 90.2 cm³/mol. The van der Waals surface area contributed by atoms with E-state index in [2.05, 4.69) is 5.32 Å². The Labute approximate surface area is 138 Å². The SMILES string of the molecule is CC(C)C(NC(=O)O)C(=O)N(CCN(C)C)Cc1ccccc1. The summed E-state index contributed by atoms with van der Waals surface area (Å²) in [7, 11) is 3.89. The van der Waals surface area contributed by atoms with E-state index in [1.54, 1.807) is 4.90 Å². The minimum atomic E-state index is -1.18. The van der Waals surface area contributed by atoms with Crippen molar-refractivity contribution in [3.63, 3.8) is 0 Å². The highest BCUT2D eigenvalue weighted by molar-refractivity contribution is 5.85. The second-order valence-corrected chi connectivity index (χ2v) is 6.22. The summed E-state index contributed by atoms with van der Waals surface area (Å²) in [5.74, 6) is -0.302. The van der Waals surface area contributed by atoms with Crippen LogP contribution in [0.1, 0.15) is 19.4 Å². The van der Waals surface area contributed by atoms with Crippen LogP contribution in [-0.2, 0) is 11.3 Å². The normalized spacial score (nSPS) is 12.3. The van der Waals surface area contributed by atoms with Crippen LogP contribution in [0.15, 0.2) is 30.3 Å². The number of hydrogen-bond acceptors (Lipinski definition) is 3. The van der Waals surface area contributed by atoms with Crippen molar-refractivity contribution in [3.8, 4) is 0 Å². The average molecular weight is 321 g/mol. The van der Waals surface area contributed by atoms with Gasteiger partial charge in [0.25, 0.3) is 0 Å². The number of carbonyl (C=O) groups excluding carboxylic acids is 1. The molecule has 0 heterocycles. The lowest BCUT2D eigenvalue weighted by atomic mass is 10.0. The van der Waals surface area contributed by atoms with Crippen molar-refractivity contribution < 1.29 is 14.7 Å². The smallest absolute Gasteiger partial charge is 0.405 e. The Morgan fingerprint density at radius 2 is 1.74 bits per heavy atom. The quantitative estimate of drug-likeness (QED) is 0.767. The molecule has 1 rings (SSSR count). The van der Waals surface area contributed by atoms with Crippen molar-refractivity contribution in [1.82, 2.24) is 15.1 Å². The maximum atomic E-state index is 12.8. The van der Waals surface area contributed by atoms with Gasteiger partial charge in [-0.15, -0.1) is 0 Å². The first-order valence-corrected chi connectivity index (χ1v) is 7.78. The molecule has 0 aliphatic carbocycles. The summed E-state index contributed by atoms with van der Waals surface area (Å²) in [5, 5.41) is 11.3. The number of rotatable bonds is 8. The number of nitrogens with one attached hydrogen (secondary N) is 1. The highest BCUT2D eigenvalue weighted by Crippen LogP contribution is 2.11. The van der Waals surface area contributed by atoms with Gasteiger partial charge in [0.15, 0.2) is 0 Å². The van der Waals surface area contributed by atoms with Crippen LogP contribution in [0.4, 0.5) is 4.79 Å². The van der Waals surface area contributed by atoms with E-state index in [-0.39, 0.29) is 11.8 Å². The molecular formula is C17H27N3O3. The molecule has 2 amide bonds. The van der Waals surface area contributed by atoms with Gasteiger partial charge in [-0.3, -0.25) is 4.79 Å². The van der Waals surface area contributed by atoms with Gasteiger partial charge in [0, 0.05) is 19.6 Å². The number of nitrogens with zero attached hydrogens (tertiary/aromatic N) is 2. The van der Waals surface area contributed by atoms with Crippen LogP contribution in [0, 0.1) is 5.92 Å². The maximum Gasteiger partial charge on any atom is 0.405 e. The topological polar surface area (TPSA) is 72.9 Å². The third-order valence-electron chi connectivity index (χ3n) is 3.56. The number of carbonyl (C=O) groups is 2. The van der Waals surface area contributed by atoms with Crippen LogP contribution in [0.25, 0.3) is 0 Å². The molecular weight excluding hydrogens is 294 g/mol. The molecule has 128 valence electrons. The highest BCUT2D eigenvalue weighted by Gasteiger charge is 2.28. The molecule has 0 saturated carbocycles. The average Bonchev–Trinajstić information content (AvgIpc) is 2.48. The summed E-state index contributed by atoms with van der Waals surface area (Å²) in [4.78, 5) is 27.5. The first-order valence-electron chi connectivity index (χ1n) is 7.78. The van der Waals surface area contributed by atoms with Crippen molar-refractivity contribution in [2.75, 3.05) is 27.2 Å². The Hall–Kier alpha value is -2.08. The van der Waals surface area contributed by atoms with Crippen LogP contribution in [-0.4, -0.2) is 60.1 Å². The van der Waals surface area contributed by atoms with E-state index in [0.717, 1.165) is 12.1 Å². The van der Waals surface area contributed by atoms with E-state index in [0.29, 0.717) is 13.1 Å². The molecule has 1 aromatic carbocycles. The van der Waals surface area contributed by atoms with E-state index < -0.39 is 12.1 Å². The van der Waals surface area contributed by atoms with E-state index in [9.17, 15) is 9.59 Å². The third-order valence-corrected chi connectivity index (χ3v) is 3.56. The van der Waals surface area contributed by atoms with Crippen LogP contribution >= 0.6 is 0 Å². The standard InChI is InChI=1S/C17H27N3O3/c1-13(2)15(18-17(22)23)16(21)20(11-10-19(3)4)12-14-8-6-5-7-9-14/h5-9,13,15,18H,10-12H2,1-4H3,(H,22,23). The van der Waals surface area contributed by atoms with Crippen LogP contribution < -0.4 is 5.32 Å². The number of amides is 2. The van der Waals surface area contributed by atoms with Gasteiger partial charge in [-0.2, -0.15) is 0 Å². The van der Waals surface area contributed by atoms with Gasteiger partial charge in [-0.05, 0) is 25.6 Å². The first-order chi connectivity index (χ1) is 10.8. The molecule has 0 aliphatic heterocycles. The minimum absolute atomic E-state index is 0.115. The Balaban J connectivity index is 2.91. The lowest BCUT2D eigenvalue weighted by molar-refractivity contribution is -0.135. The van der Waals surface area contributed by atoms with Gasteiger partial charge in [-0.1, -0.05) is 44.2 Å². The fourth-order valence-electron chi connectivity index (χ4n) is 2.23. The Morgan fingerprint density at radius 1 is 1.13 bits per heavy atom. The molecule has 2 N–H and O–H groups in total. The van der Waals surface area contributed by atoms with Gasteiger partial charge in [-0.25, -0.2) is 4.79 Å². The summed E-state index contributed by atoms with van der Waals surface area (Å²) >= 11 is 0. The van der Waals surface area contributed by atoms with Gasteiger partial charge < -0.3 is 20.2 Å². The molecule has 6 heteroatoms. The summed E-state index contributed by atoms with van der Waals surface area (Å²) in [6, 6.07) is 8.98. The Kier molecular flexibility index (Phi) is 7.54. The van der Waals surface area contributed by atoms with Crippen molar-refractivity contribution in [2.45, 2.75) is 26.4 Å². The van der Waals surface area contributed by atoms with E-state index in [1.807, 2.05) is 63.2 Å². The molecule has 1 unspecified atom stereocenters. The lowest BCUT2D eigenvalue weighted by Gasteiger charge is -2.30. The lowest BCUT2D eigenvalue weighted by Crippen LogP contribution is -2.51. The fraction of sp³-hybridized carbons (Fsp3) is 0.529. The molecule has 0 spiro atoms. The molecule has 6 nitrogen and oxygen atoms in total. The predicted octanol–water partition coefficient (Wildman–Crippen LogP) is 1.87. The highest BCUT2D eigenvalue weighted by atomic mass is 16.4. The molecule has 0 fully saturated rings. The first kappa shape index (κ1) is 19.0. The molecule has 0 saturated heterocycles. The van der Waals surface area contributed by atoms with Crippen LogP contribution in [0.3, 0.4) is 0 Å².